The van der Waals surface area contributed by atoms with Crippen LogP contribution in [0.1, 0.15) is 9.67 Å². The summed E-state index contributed by atoms with van der Waals surface area (Å²) in [4.78, 5) is 12.7. The Morgan fingerprint density at radius 1 is 1.24 bits per heavy atom. The van der Waals surface area contributed by atoms with E-state index in [9.17, 15) is 4.79 Å². The monoisotopic (exact) mass is 243 g/mol. The van der Waals surface area contributed by atoms with E-state index in [1.807, 2.05) is 41.8 Å². The lowest BCUT2D eigenvalue weighted by atomic mass is 10.3. The Kier molecular flexibility index (Phi) is 2.45. The van der Waals surface area contributed by atoms with Crippen molar-refractivity contribution < 1.29 is 4.79 Å². The SMILES string of the molecule is O=C(Cn1nnc2ccccc21)c1cccs1. The molecule has 2 aromatic heterocycles. The van der Waals surface area contributed by atoms with E-state index < -0.39 is 0 Å². The van der Waals surface area contributed by atoms with Gasteiger partial charge in [0.05, 0.1) is 10.4 Å². The van der Waals surface area contributed by atoms with Crippen molar-refractivity contribution >= 4 is 28.2 Å². The van der Waals surface area contributed by atoms with Gasteiger partial charge in [0.25, 0.3) is 0 Å². The highest BCUT2D eigenvalue weighted by atomic mass is 32.1. The number of ketones is 1. The lowest BCUT2D eigenvalue weighted by Gasteiger charge is -1.99. The number of nitrogens with zero attached hydrogens (tertiary/aromatic N) is 3. The van der Waals surface area contributed by atoms with Crippen LogP contribution in [0.25, 0.3) is 11.0 Å². The molecule has 0 aliphatic carbocycles. The second-order valence-corrected chi connectivity index (χ2v) is 4.58. The van der Waals surface area contributed by atoms with Crippen molar-refractivity contribution in [1.82, 2.24) is 15.0 Å². The maximum Gasteiger partial charge on any atom is 0.194 e. The number of hydrogen-bond acceptors (Lipinski definition) is 4. The van der Waals surface area contributed by atoms with Gasteiger partial charge in [0, 0.05) is 0 Å². The molecule has 0 atom stereocenters. The molecule has 17 heavy (non-hydrogen) atoms. The first-order valence-corrected chi connectivity index (χ1v) is 6.07. The molecule has 5 heteroatoms. The van der Waals surface area contributed by atoms with Crippen LogP contribution in [0.2, 0.25) is 0 Å². The van der Waals surface area contributed by atoms with Crippen LogP contribution in [0.5, 0.6) is 0 Å². The van der Waals surface area contributed by atoms with Crippen molar-refractivity contribution in [3.63, 3.8) is 0 Å². The van der Waals surface area contributed by atoms with E-state index in [1.54, 1.807) is 4.68 Å². The minimum atomic E-state index is 0.0654. The Hall–Kier alpha value is -2.01. The van der Waals surface area contributed by atoms with Crippen LogP contribution in [0.3, 0.4) is 0 Å². The maximum absolute atomic E-state index is 11.9. The summed E-state index contributed by atoms with van der Waals surface area (Å²) in [6, 6.07) is 11.3. The Morgan fingerprint density at radius 2 is 2.12 bits per heavy atom. The van der Waals surface area contributed by atoms with Gasteiger partial charge in [-0.3, -0.25) is 4.79 Å². The summed E-state index contributed by atoms with van der Waals surface area (Å²) < 4.78 is 1.64. The van der Waals surface area contributed by atoms with Crippen LogP contribution in [0.15, 0.2) is 41.8 Å². The summed E-state index contributed by atoms with van der Waals surface area (Å²) in [7, 11) is 0. The highest BCUT2D eigenvalue weighted by Gasteiger charge is 2.10. The standard InChI is InChI=1S/C12H9N3OS/c16-11(12-6-3-7-17-12)8-15-10-5-2-1-4-9(10)13-14-15/h1-7H,8H2. The molecule has 0 fully saturated rings. The third-order valence-corrected chi connectivity index (χ3v) is 3.42. The van der Waals surface area contributed by atoms with Crippen LogP contribution in [-0.2, 0) is 6.54 Å². The Balaban J connectivity index is 1.93. The third kappa shape index (κ3) is 1.85. The molecule has 0 aliphatic rings. The van der Waals surface area contributed by atoms with E-state index in [2.05, 4.69) is 10.3 Å². The minimum absolute atomic E-state index is 0.0654. The number of hydrogen-bond donors (Lipinski definition) is 0. The molecule has 0 N–H and O–H groups in total. The smallest absolute Gasteiger partial charge is 0.194 e. The van der Waals surface area contributed by atoms with Gasteiger partial charge >= 0.3 is 0 Å². The first kappa shape index (κ1) is 10.2. The molecule has 0 aliphatic heterocycles. The van der Waals surface area contributed by atoms with Gasteiger partial charge in [-0.25, -0.2) is 4.68 Å². The summed E-state index contributed by atoms with van der Waals surface area (Å²) in [6.45, 7) is 0.237. The topological polar surface area (TPSA) is 47.8 Å². The summed E-state index contributed by atoms with van der Waals surface area (Å²) in [5.41, 5.74) is 1.70. The van der Waals surface area contributed by atoms with E-state index in [0.717, 1.165) is 15.9 Å². The normalized spacial score (nSPS) is 10.8. The summed E-state index contributed by atoms with van der Waals surface area (Å²) in [5, 5.41) is 9.91. The van der Waals surface area contributed by atoms with E-state index in [0.29, 0.717) is 0 Å². The Bertz CT molecular complexity index is 657. The number of carbonyl (C=O) groups is 1. The number of para-hydroxylation sites is 1. The van der Waals surface area contributed by atoms with Crippen molar-refractivity contribution in [1.29, 1.82) is 0 Å². The fourth-order valence-electron chi connectivity index (χ4n) is 1.69. The minimum Gasteiger partial charge on any atom is -0.291 e. The Morgan fingerprint density at radius 3 is 2.94 bits per heavy atom. The van der Waals surface area contributed by atoms with Crippen molar-refractivity contribution in [3.05, 3.63) is 46.7 Å². The van der Waals surface area contributed by atoms with Crippen molar-refractivity contribution in [2.75, 3.05) is 0 Å². The average Bonchev–Trinajstić information content (AvgIpc) is 2.98. The van der Waals surface area contributed by atoms with Gasteiger partial charge in [0.15, 0.2) is 5.78 Å². The molecule has 0 saturated carbocycles. The predicted molar refractivity (Wildman–Crippen MR) is 66.2 cm³/mol. The van der Waals surface area contributed by atoms with Gasteiger partial charge < -0.3 is 0 Å². The molecule has 0 bridgehead atoms. The molecule has 0 saturated heterocycles. The number of aromatic nitrogens is 3. The molecule has 3 rings (SSSR count). The van der Waals surface area contributed by atoms with E-state index in [1.165, 1.54) is 11.3 Å². The number of Topliss-reactive ketones (excluding diaryl/α,β-unsaturated/α-hetero) is 1. The number of carbonyl (C=O) groups excluding carboxylic acids is 1. The second-order valence-electron chi connectivity index (χ2n) is 3.64. The van der Waals surface area contributed by atoms with Crippen LogP contribution < -0.4 is 0 Å². The molecule has 1 aromatic carbocycles. The largest absolute Gasteiger partial charge is 0.291 e. The molecular formula is C12H9N3OS. The highest BCUT2D eigenvalue weighted by Crippen LogP contribution is 2.13. The first-order chi connectivity index (χ1) is 8.34. The fraction of sp³-hybridized carbons (Fsp3) is 0.0833. The van der Waals surface area contributed by atoms with Crippen molar-refractivity contribution in [2.24, 2.45) is 0 Å². The zero-order valence-corrected chi connectivity index (χ0v) is 9.72. The molecule has 84 valence electrons. The fourth-order valence-corrected chi connectivity index (χ4v) is 2.34. The molecule has 0 radical (unpaired) electrons. The van der Waals surface area contributed by atoms with Crippen LogP contribution in [0.4, 0.5) is 0 Å². The quantitative estimate of drug-likeness (QED) is 0.663. The molecule has 4 nitrogen and oxygen atoms in total. The Labute approximate surface area is 101 Å². The predicted octanol–water partition coefficient (Wildman–Crippen LogP) is 2.38. The molecule has 0 spiro atoms. The molecule has 0 amide bonds. The lowest BCUT2D eigenvalue weighted by Crippen LogP contribution is -2.10. The molecule has 3 aromatic rings. The van der Waals surface area contributed by atoms with E-state index in [-0.39, 0.29) is 12.3 Å². The highest BCUT2D eigenvalue weighted by molar-refractivity contribution is 7.12. The average molecular weight is 243 g/mol. The van der Waals surface area contributed by atoms with Gasteiger partial charge in [-0.2, -0.15) is 0 Å². The van der Waals surface area contributed by atoms with Crippen molar-refractivity contribution in [2.45, 2.75) is 6.54 Å². The number of rotatable bonds is 3. The van der Waals surface area contributed by atoms with E-state index >= 15 is 0 Å². The molecule has 2 heterocycles. The van der Waals surface area contributed by atoms with Gasteiger partial charge in [0.1, 0.15) is 12.1 Å². The number of thiophene rings is 1. The summed E-state index contributed by atoms with van der Waals surface area (Å²) in [6.07, 6.45) is 0. The van der Waals surface area contributed by atoms with Crippen LogP contribution in [-0.4, -0.2) is 20.8 Å². The number of benzene rings is 1. The lowest BCUT2D eigenvalue weighted by molar-refractivity contribution is 0.0972. The maximum atomic E-state index is 11.9. The van der Waals surface area contributed by atoms with Gasteiger partial charge in [-0.05, 0) is 23.6 Å². The zero-order chi connectivity index (χ0) is 11.7. The molecule has 0 unspecified atom stereocenters. The third-order valence-electron chi connectivity index (χ3n) is 2.51. The van der Waals surface area contributed by atoms with Gasteiger partial charge in [0.2, 0.25) is 0 Å². The molecular weight excluding hydrogens is 234 g/mol. The van der Waals surface area contributed by atoms with Gasteiger partial charge in [-0.1, -0.05) is 23.4 Å². The van der Waals surface area contributed by atoms with Crippen molar-refractivity contribution in [3.8, 4) is 0 Å². The van der Waals surface area contributed by atoms with Gasteiger partial charge in [-0.15, -0.1) is 16.4 Å². The van der Waals surface area contributed by atoms with Crippen LogP contribution in [0, 0.1) is 0 Å². The first-order valence-electron chi connectivity index (χ1n) is 5.19. The summed E-state index contributed by atoms with van der Waals surface area (Å²) in [5.74, 6) is 0.0654. The number of fused-ring (bicyclic) bond motifs is 1. The second kappa shape index (κ2) is 4.10. The van der Waals surface area contributed by atoms with E-state index in [4.69, 9.17) is 0 Å². The van der Waals surface area contributed by atoms with Crippen LogP contribution >= 0.6 is 11.3 Å². The summed E-state index contributed by atoms with van der Waals surface area (Å²) >= 11 is 1.45. The zero-order valence-electron chi connectivity index (χ0n) is 8.91.